The summed E-state index contributed by atoms with van der Waals surface area (Å²) in [6.45, 7) is 2.20. The molecule has 126 valence electrons. The molecule has 1 amide bonds. The van der Waals surface area contributed by atoms with Crippen LogP contribution in [-0.4, -0.2) is 41.9 Å². The molecule has 0 spiro atoms. The van der Waals surface area contributed by atoms with Gasteiger partial charge in [0.1, 0.15) is 0 Å². The van der Waals surface area contributed by atoms with Crippen molar-refractivity contribution in [1.29, 1.82) is 0 Å². The number of halogens is 1. The quantitative estimate of drug-likeness (QED) is 0.832. The standard InChI is InChI=1S/C19H27ClN2O/c1-21(13-15-6-4-9-17(20)12-15)14-19(23)22-11-5-8-16-7-2-3-10-18(16)22/h4,6,9,12,16,18H,2-3,5,7-8,10-11,13-14H2,1H3. The lowest BCUT2D eigenvalue weighted by Gasteiger charge is -2.44. The van der Waals surface area contributed by atoms with Crippen molar-refractivity contribution in [3.8, 4) is 0 Å². The van der Waals surface area contributed by atoms with Crippen LogP contribution in [0, 0.1) is 5.92 Å². The number of amides is 1. The van der Waals surface area contributed by atoms with Crippen LogP contribution in [0.4, 0.5) is 0 Å². The predicted molar refractivity (Wildman–Crippen MR) is 94.5 cm³/mol. The maximum atomic E-state index is 12.8. The van der Waals surface area contributed by atoms with E-state index in [2.05, 4.69) is 15.9 Å². The van der Waals surface area contributed by atoms with Gasteiger partial charge < -0.3 is 4.90 Å². The molecule has 4 heteroatoms. The van der Waals surface area contributed by atoms with Gasteiger partial charge in [0.25, 0.3) is 0 Å². The second kappa shape index (κ2) is 7.67. The Kier molecular flexibility index (Phi) is 5.60. The Bertz CT molecular complexity index is 546. The number of piperidine rings is 1. The first-order valence-corrected chi connectivity index (χ1v) is 9.24. The minimum absolute atomic E-state index is 0.297. The number of hydrogen-bond donors (Lipinski definition) is 0. The summed E-state index contributed by atoms with van der Waals surface area (Å²) < 4.78 is 0. The molecule has 2 fully saturated rings. The van der Waals surface area contributed by atoms with E-state index < -0.39 is 0 Å². The predicted octanol–water partition coefficient (Wildman–Crippen LogP) is 3.95. The fourth-order valence-corrected chi connectivity index (χ4v) is 4.47. The molecule has 2 aliphatic rings. The Labute approximate surface area is 144 Å². The van der Waals surface area contributed by atoms with E-state index >= 15 is 0 Å². The maximum Gasteiger partial charge on any atom is 0.237 e. The second-order valence-corrected chi connectivity index (χ2v) is 7.58. The minimum Gasteiger partial charge on any atom is -0.338 e. The molecule has 23 heavy (non-hydrogen) atoms. The maximum absolute atomic E-state index is 12.8. The number of fused-ring (bicyclic) bond motifs is 1. The van der Waals surface area contributed by atoms with Gasteiger partial charge in [0.2, 0.25) is 5.91 Å². The van der Waals surface area contributed by atoms with Gasteiger partial charge in [-0.1, -0.05) is 36.6 Å². The van der Waals surface area contributed by atoms with E-state index in [4.69, 9.17) is 11.6 Å². The fraction of sp³-hybridized carbons (Fsp3) is 0.632. The lowest BCUT2D eigenvalue weighted by atomic mass is 9.78. The van der Waals surface area contributed by atoms with Crippen molar-refractivity contribution in [2.45, 2.75) is 51.1 Å². The van der Waals surface area contributed by atoms with E-state index in [1.165, 1.54) is 38.5 Å². The van der Waals surface area contributed by atoms with Crippen LogP contribution in [0.1, 0.15) is 44.1 Å². The molecule has 1 heterocycles. The summed E-state index contributed by atoms with van der Waals surface area (Å²) in [6.07, 6.45) is 7.63. The Morgan fingerprint density at radius 2 is 2.04 bits per heavy atom. The van der Waals surface area contributed by atoms with E-state index in [0.717, 1.165) is 29.6 Å². The van der Waals surface area contributed by atoms with Gasteiger partial charge in [-0.2, -0.15) is 0 Å². The van der Waals surface area contributed by atoms with Gasteiger partial charge in [-0.05, 0) is 56.3 Å². The zero-order chi connectivity index (χ0) is 16.2. The first-order valence-electron chi connectivity index (χ1n) is 8.86. The molecule has 1 saturated heterocycles. The third-order valence-corrected chi connectivity index (χ3v) is 5.55. The summed E-state index contributed by atoms with van der Waals surface area (Å²) in [7, 11) is 2.01. The highest BCUT2D eigenvalue weighted by molar-refractivity contribution is 6.30. The number of likely N-dealkylation sites (N-methyl/N-ethyl adjacent to an activating group) is 1. The van der Waals surface area contributed by atoms with Crippen LogP contribution in [-0.2, 0) is 11.3 Å². The third kappa shape index (κ3) is 4.27. The van der Waals surface area contributed by atoms with Gasteiger partial charge in [0.15, 0.2) is 0 Å². The molecule has 1 aromatic rings. The molecule has 2 atom stereocenters. The van der Waals surface area contributed by atoms with E-state index in [0.29, 0.717) is 18.5 Å². The summed E-state index contributed by atoms with van der Waals surface area (Å²) >= 11 is 6.04. The number of carbonyl (C=O) groups excluding carboxylic acids is 1. The van der Waals surface area contributed by atoms with Crippen molar-refractivity contribution < 1.29 is 4.79 Å². The topological polar surface area (TPSA) is 23.6 Å². The fourth-order valence-electron chi connectivity index (χ4n) is 4.26. The molecule has 0 aromatic heterocycles. The largest absolute Gasteiger partial charge is 0.338 e. The van der Waals surface area contributed by atoms with Crippen molar-refractivity contribution in [2.75, 3.05) is 20.1 Å². The number of likely N-dealkylation sites (tertiary alicyclic amines) is 1. The molecule has 1 aliphatic carbocycles. The summed E-state index contributed by atoms with van der Waals surface area (Å²) in [5.74, 6) is 1.05. The SMILES string of the molecule is CN(CC(=O)N1CCCC2CCCCC21)Cc1cccc(Cl)c1. The van der Waals surface area contributed by atoms with Gasteiger partial charge in [0, 0.05) is 24.2 Å². The van der Waals surface area contributed by atoms with Gasteiger partial charge in [0.05, 0.1) is 6.54 Å². The molecular formula is C19H27ClN2O. The van der Waals surface area contributed by atoms with Crippen LogP contribution < -0.4 is 0 Å². The summed E-state index contributed by atoms with van der Waals surface area (Å²) in [6, 6.07) is 8.38. The van der Waals surface area contributed by atoms with Crippen molar-refractivity contribution in [3.63, 3.8) is 0 Å². The van der Waals surface area contributed by atoms with E-state index in [-0.39, 0.29) is 0 Å². The van der Waals surface area contributed by atoms with E-state index in [1.807, 2.05) is 25.2 Å². The third-order valence-electron chi connectivity index (χ3n) is 5.31. The van der Waals surface area contributed by atoms with Crippen molar-refractivity contribution in [2.24, 2.45) is 5.92 Å². The smallest absolute Gasteiger partial charge is 0.237 e. The van der Waals surface area contributed by atoms with Crippen molar-refractivity contribution >= 4 is 17.5 Å². The zero-order valence-corrected chi connectivity index (χ0v) is 14.8. The second-order valence-electron chi connectivity index (χ2n) is 7.14. The molecule has 2 unspecified atom stereocenters. The number of nitrogens with zero attached hydrogens (tertiary/aromatic N) is 2. The highest BCUT2D eigenvalue weighted by Crippen LogP contribution is 2.35. The van der Waals surface area contributed by atoms with Crippen molar-refractivity contribution in [3.05, 3.63) is 34.9 Å². The van der Waals surface area contributed by atoms with Crippen LogP contribution >= 0.6 is 11.6 Å². The molecule has 0 radical (unpaired) electrons. The molecule has 0 N–H and O–H groups in total. The average Bonchev–Trinajstić information content (AvgIpc) is 2.54. The van der Waals surface area contributed by atoms with Crippen LogP contribution in [0.25, 0.3) is 0 Å². The highest BCUT2D eigenvalue weighted by Gasteiger charge is 2.35. The van der Waals surface area contributed by atoms with Crippen LogP contribution in [0.2, 0.25) is 5.02 Å². The van der Waals surface area contributed by atoms with Crippen LogP contribution in [0.3, 0.4) is 0 Å². The average molecular weight is 335 g/mol. The van der Waals surface area contributed by atoms with Gasteiger partial charge in [-0.15, -0.1) is 0 Å². The van der Waals surface area contributed by atoms with Crippen LogP contribution in [0.15, 0.2) is 24.3 Å². The molecule has 1 aromatic carbocycles. The molecule has 1 saturated carbocycles. The Balaban J connectivity index is 1.57. The number of hydrogen-bond acceptors (Lipinski definition) is 2. The number of rotatable bonds is 4. The number of benzene rings is 1. The lowest BCUT2D eigenvalue weighted by Crippen LogP contribution is -2.52. The Morgan fingerprint density at radius 1 is 1.26 bits per heavy atom. The van der Waals surface area contributed by atoms with Crippen molar-refractivity contribution in [1.82, 2.24) is 9.80 Å². The Hall–Kier alpha value is -1.06. The first kappa shape index (κ1) is 16.8. The lowest BCUT2D eigenvalue weighted by molar-refractivity contribution is -0.138. The monoisotopic (exact) mass is 334 g/mol. The minimum atomic E-state index is 0.297. The molecule has 3 rings (SSSR count). The highest BCUT2D eigenvalue weighted by atomic mass is 35.5. The van der Waals surface area contributed by atoms with E-state index in [9.17, 15) is 4.79 Å². The molecular weight excluding hydrogens is 308 g/mol. The van der Waals surface area contributed by atoms with Gasteiger partial charge in [-0.3, -0.25) is 9.69 Å². The molecule has 1 aliphatic heterocycles. The van der Waals surface area contributed by atoms with E-state index in [1.54, 1.807) is 0 Å². The Morgan fingerprint density at radius 3 is 2.87 bits per heavy atom. The molecule has 3 nitrogen and oxygen atoms in total. The summed E-state index contributed by atoms with van der Waals surface area (Å²) in [5, 5.41) is 0.753. The van der Waals surface area contributed by atoms with Crippen LogP contribution in [0.5, 0.6) is 0 Å². The summed E-state index contributed by atoms with van der Waals surface area (Å²) in [5.41, 5.74) is 1.15. The normalized spacial score (nSPS) is 24.6. The number of carbonyl (C=O) groups is 1. The molecule has 0 bridgehead atoms. The van der Waals surface area contributed by atoms with Gasteiger partial charge >= 0.3 is 0 Å². The summed E-state index contributed by atoms with van der Waals surface area (Å²) in [4.78, 5) is 17.1. The van der Waals surface area contributed by atoms with Gasteiger partial charge in [-0.25, -0.2) is 0 Å². The zero-order valence-electron chi connectivity index (χ0n) is 14.0. The first-order chi connectivity index (χ1) is 11.1.